The monoisotopic (exact) mass is 1020 g/mol. The maximum Gasteiger partial charge on any atom is -0.000730 e. The summed E-state index contributed by atoms with van der Waals surface area (Å²) in [7, 11) is 0. The van der Waals surface area contributed by atoms with Crippen LogP contribution in [0.5, 0.6) is 0 Å². The molecule has 0 spiro atoms. The summed E-state index contributed by atoms with van der Waals surface area (Å²) < 4.78 is 0. The fourth-order valence-electron chi connectivity index (χ4n) is 13.7. The number of benzene rings is 6. The zero-order valence-electron chi connectivity index (χ0n) is 50.7. The van der Waals surface area contributed by atoms with Crippen LogP contribution in [-0.4, -0.2) is 0 Å². The summed E-state index contributed by atoms with van der Waals surface area (Å²) in [4.78, 5) is 0. The van der Waals surface area contributed by atoms with Crippen LogP contribution in [0.2, 0.25) is 0 Å². The van der Waals surface area contributed by atoms with Crippen molar-refractivity contribution in [2.75, 3.05) is 0 Å². The van der Waals surface area contributed by atoms with Gasteiger partial charge in [-0.1, -0.05) is 207 Å². The summed E-state index contributed by atoms with van der Waals surface area (Å²) >= 11 is 0. The molecule has 0 heteroatoms. The second-order valence-corrected chi connectivity index (χ2v) is 23.0. The minimum absolute atomic E-state index is 1.08. The minimum atomic E-state index is 1.08. The highest BCUT2D eigenvalue weighted by Crippen LogP contribution is 2.54. The van der Waals surface area contributed by atoms with E-state index < -0.39 is 0 Å². The Labute approximate surface area is 465 Å². The minimum Gasteiger partial charge on any atom is -0.0654 e. The molecular weight excluding hydrogens is 913 g/mol. The number of fused-ring (bicyclic) bond motifs is 2. The molecule has 0 atom stereocenters. The molecule has 6 aromatic carbocycles. The van der Waals surface area contributed by atoms with Gasteiger partial charge in [0, 0.05) is 0 Å². The van der Waals surface area contributed by atoms with Crippen LogP contribution in [0, 0.1) is 20.9 Å². The fraction of sp³-hybridized carbons (Fsp3) is 0.526. The van der Waals surface area contributed by atoms with Gasteiger partial charge in [0.2, 0.25) is 0 Å². The maximum atomic E-state index is 2.68. The van der Waals surface area contributed by atoms with Crippen LogP contribution < -0.4 is 0 Å². The van der Waals surface area contributed by atoms with Gasteiger partial charge in [-0.05, 0) is 261 Å². The number of aryl methyl sites for hydroxylation is 4. The Hall–Kier alpha value is -4.68. The molecule has 0 nitrogen and oxygen atoms in total. The molecule has 7 rings (SSSR count). The zero-order chi connectivity index (χ0) is 54.1. The summed E-state index contributed by atoms with van der Waals surface area (Å²) in [6.07, 6.45) is 32.8. The average molecular weight is 1020 g/mol. The van der Waals surface area contributed by atoms with Gasteiger partial charge in [-0.25, -0.2) is 0 Å². The number of rotatable bonds is 32. The van der Waals surface area contributed by atoms with Gasteiger partial charge in [-0.2, -0.15) is 0 Å². The largest absolute Gasteiger partial charge is 0.0654 e. The highest BCUT2D eigenvalue weighted by molar-refractivity contribution is 6.05. The SMILES string of the molecule is CCCCc1c(CC)ccc(-c2c(-c3ccc(CC)c(CCCC)c3CCCC)c(-c3ccc(CC)c(CCCC)c3CCCC)c3c(c2-c2ccc(CC)c(CCCC)c2CCCC)=c2ccccc2=3)c1CCCC. The predicted molar refractivity (Wildman–Crippen MR) is 336 cm³/mol. The Morgan fingerprint density at radius 1 is 0.224 bits per heavy atom. The highest BCUT2D eigenvalue weighted by Gasteiger charge is 2.32. The molecule has 0 saturated carbocycles. The lowest BCUT2D eigenvalue weighted by atomic mass is 9.71. The van der Waals surface area contributed by atoms with Crippen molar-refractivity contribution < 1.29 is 0 Å². The lowest BCUT2D eigenvalue weighted by molar-refractivity contribution is 0.751. The van der Waals surface area contributed by atoms with Crippen molar-refractivity contribution >= 4 is 0 Å². The van der Waals surface area contributed by atoms with Gasteiger partial charge in [0.15, 0.2) is 0 Å². The van der Waals surface area contributed by atoms with E-state index in [4.69, 9.17) is 0 Å². The van der Waals surface area contributed by atoms with Crippen LogP contribution >= 0.6 is 0 Å². The maximum absolute atomic E-state index is 2.68. The van der Waals surface area contributed by atoms with Crippen LogP contribution in [-0.2, 0) is 77.0 Å². The Kier molecular flexibility index (Phi) is 22.8. The van der Waals surface area contributed by atoms with E-state index in [-0.39, 0.29) is 0 Å². The molecule has 408 valence electrons. The summed E-state index contributed by atoms with van der Waals surface area (Å²) in [6.45, 7) is 28.9. The second kappa shape index (κ2) is 29.3. The smallest absolute Gasteiger partial charge is 0.000730 e. The summed E-state index contributed by atoms with van der Waals surface area (Å²) in [5, 5.41) is 5.94. The summed E-state index contributed by atoms with van der Waals surface area (Å²) in [5.41, 5.74) is 31.7. The molecule has 0 bridgehead atoms. The normalized spacial score (nSPS) is 11.8. The third-order valence-corrected chi connectivity index (χ3v) is 17.9. The van der Waals surface area contributed by atoms with Crippen LogP contribution in [0.25, 0.3) is 44.5 Å². The predicted octanol–water partition coefficient (Wildman–Crippen LogP) is 22.2. The lowest BCUT2D eigenvalue weighted by Gasteiger charge is -2.32. The van der Waals surface area contributed by atoms with Crippen molar-refractivity contribution in [2.24, 2.45) is 0 Å². The van der Waals surface area contributed by atoms with E-state index in [0.29, 0.717) is 0 Å². The molecule has 1 aliphatic rings. The van der Waals surface area contributed by atoms with Crippen molar-refractivity contribution in [3.8, 4) is 44.5 Å². The number of unbranched alkanes of at least 4 members (excludes halogenated alkanes) is 8. The van der Waals surface area contributed by atoms with Crippen molar-refractivity contribution in [2.45, 2.75) is 263 Å². The third kappa shape index (κ3) is 12.3. The topological polar surface area (TPSA) is 0 Å². The summed E-state index contributed by atoms with van der Waals surface area (Å²) in [6, 6.07) is 30.8. The fourth-order valence-corrected chi connectivity index (χ4v) is 13.7. The first-order valence-electron chi connectivity index (χ1n) is 32.2. The van der Waals surface area contributed by atoms with Crippen LogP contribution in [0.15, 0.2) is 72.8 Å². The van der Waals surface area contributed by atoms with Crippen LogP contribution in [0.1, 0.15) is 253 Å². The molecule has 76 heavy (non-hydrogen) atoms. The van der Waals surface area contributed by atoms with E-state index >= 15 is 0 Å². The Morgan fingerprint density at radius 3 is 0.645 bits per heavy atom. The van der Waals surface area contributed by atoms with E-state index in [2.05, 4.69) is 156 Å². The molecule has 0 unspecified atom stereocenters. The van der Waals surface area contributed by atoms with Gasteiger partial charge in [0.1, 0.15) is 0 Å². The van der Waals surface area contributed by atoms with E-state index in [1.807, 2.05) is 0 Å². The van der Waals surface area contributed by atoms with E-state index in [9.17, 15) is 0 Å². The molecular formula is C76H104. The van der Waals surface area contributed by atoms with Crippen LogP contribution in [0.3, 0.4) is 0 Å². The Balaban J connectivity index is 1.93. The first kappa shape index (κ1) is 59.0. The third-order valence-electron chi connectivity index (χ3n) is 17.9. The Bertz CT molecular complexity index is 2860. The van der Waals surface area contributed by atoms with Crippen LogP contribution in [0.4, 0.5) is 0 Å². The molecule has 0 fully saturated rings. The zero-order valence-corrected chi connectivity index (χ0v) is 50.7. The van der Waals surface area contributed by atoms with E-state index in [1.54, 1.807) is 66.8 Å². The first-order valence-corrected chi connectivity index (χ1v) is 32.2. The number of hydrogen-bond acceptors (Lipinski definition) is 0. The second-order valence-electron chi connectivity index (χ2n) is 23.0. The average Bonchev–Trinajstić information content (AvgIpc) is 3.44. The molecule has 1 aliphatic carbocycles. The van der Waals surface area contributed by atoms with Crippen molar-refractivity contribution in [3.05, 3.63) is 160 Å². The van der Waals surface area contributed by atoms with E-state index in [0.717, 1.165) is 77.0 Å². The molecule has 0 N–H and O–H groups in total. The molecule has 0 radical (unpaired) electrons. The van der Waals surface area contributed by atoms with Gasteiger partial charge in [0.25, 0.3) is 0 Å². The standard InChI is InChI=1S/C76H104/c1-13-25-35-57-53(21-9)45-49-67(61(57)39-29-17-5)73-71-65-43-33-34-44-66(65)72(71)74(68-50-46-54(22-10)58(36-26-14-2)62(68)40-30-18-6)76(70-52-48-56(24-12)60(38-28-16-4)64(70)42-32-20-8)75(73)69-51-47-55(23-11)59(37-27-15-3)63(69)41-31-19-7/h33-34,43-52H,13-32,35-42H2,1-12H3. The van der Waals surface area contributed by atoms with Gasteiger partial charge in [-0.3, -0.25) is 0 Å². The molecule has 6 aromatic rings. The molecule has 0 saturated heterocycles. The van der Waals surface area contributed by atoms with Gasteiger partial charge in [0.05, 0.1) is 0 Å². The first-order chi connectivity index (χ1) is 37.3. The molecule has 0 aliphatic heterocycles. The van der Waals surface area contributed by atoms with Gasteiger partial charge >= 0.3 is 0 Å². The van der Waals surface area contributed by atoms with Crippen molar-refractivity contribution in [3.63, 3.8) is 0 Å². The summed E-state index contributed by atoms with van der Waals surface area (Å²) in [5.74, 6) is 0. The highest BCUT2D eigenvalue weighted by atomic mass is 14.4. The Morgan fingerprint density at radius 2 is 0.434 bits per heavy atom. The lowest BCUT2D eigenvalue weighted by Crippen LogP contribution is -2.12. The van der Waals surface area contributed by atoms with E-state index in [1.165, 1.54) is 168 Å². The molecule has 0 aromatic heterocycles. The molecule has 0 amide bonds. The van der Waals surface area contributed by atoms with Crippen molar-refractivity contribution in [1.82, 2.24) is 0 Å². The molecule has 0 heterocycles. The van der Waals surface area contributed by atoms with Crippen molar-refractivity contribution in [1.29, 1.82) is 0 Å². The van der Waals surface area contributed by atoms with Gasteiger partial charge < -0.3 is 0 Å². The number of hydrogen-bond donors (Lipinski definition) is 0. The quantitative estimate of drug-likeness (QED) is 0.0394. The van der Waals surface area contributed by atoms with Gasteiger partial charge in [-0.15, -0.1) is 0 Å².